The minimum atomic E-state index is -4.67. The first-order chi connectivity index (χ1) is 7.13. The molecule has 0 rings (SSSR count). The number of halogens is 4. The fourth-order valence-electron chi connectivity index (χ4n) is 0.928. The second kappa shape index (κ2) is 5.47. The van der Waals surface area contributed by atoms with Crippen molar-refractivity contribution in [2.45, 2.75) is 32.6 Å². The van der Waals surface area contributed by atoms with Crippen molar-refractivity contribution in [3.63, 3.8) is 0 Å². The molecule has 0 aromatic heterocycles. The molecule has 96 valence electrons. The second-order valence-electron chi connectivity index (χ2n) is 4.24. The van der Waals surface area contributed by atoms with Gasteiger partial charge < -0.3 is 10.4 Å². The molecule has 16 heavy (non-hydrogen) atoms. The van der Waals surface area contributed by atoms with E-state index in [1.165, 1.54) is 0 Å². The van der Waals surface area contributed by atoms with Crippen LogP contribution in [0.5, 0.6) is 0 Å². The Hall–Kier alpha value is -0.850. The van der Waals surface area contributed by atoms with Gasteiger partial charge in [0.05, 0.1) is 0 Å². The molecule has 0 atom stereocenters. The molecule has 0 radical (unpaired) electrons. The largest absolute Gasteiger partial charge is 0.396 e. The van der Waals surface area contributed by atoms with Gasteiger partial charge in [-0.25, -0.2) is 8.78 Å². The fraction of sp³-hybridized carbons (Fsp3) is 0.889. The summed E-state index contributed by atoms with van der Waals surface area (Å²) in [6.45, 7) is 2.86. The first-order valence-electron chi connectivity index (χ1n) is 4.68. The van der Waals surface area contributed by atoms with E-state index in [4.69, 9.17) is 5.11 Å². The smallest absolute Gasteiger partial charge is 0.383 e. The average molecular weight is 245 g/mol. The Kier molecular flexibility index (Phi) is 5.18. The number of aliphatic hydroxyl groups is 1. The molecule has 3 nitrogen and oxygen atoms in total. The number of rotatable bonds is 6. The summed E-state index contributed by atoms with van der Waals surface area (Å²) >= 11 is 0. The Labute approximate surface area is 90.8 Å². The van der Waals surface area contributed by atoms with Crippen LogP contribution in [-0.4, -0.2) is 36.5 Å². The van der Waals surface area contributed by atoms with E-state index in [-0.39, 0.29) is 19.6 Å². The fourth-order valence-corrected chi connectivity index (χ4v) is 0.928. The number of aliphatic hydroxyl groups excluding tert-OH is 1. The number of amides is 1. The van der Waals surface area contributed by atoms with Crippen LogP contribution in [0.15, 0.2) is 0 Å². The van der Waals surface area contributed by atoms with Gasteiger partial charge in [-0.05, 0) is 11.8 Å². The molecule has 0 aliphatic rings. The van der Waals surface area contributed by atoms with E-state index in [0.29, 0.717) is 0 Å². The van der Waals surface area contributed by atoms with Crippen molar-refractivity contribution in [2.24, 2.45) is 5.41 Å². The molecule has 7 heteroatoms. The number of carbonyl (C=O) groups is 1. The normalized spacial score (nSPS) is 13.0. The lowest BCUT2D eigenvalue weighted by Gasteiger charge is -2.25. The monoisotopic (exact) mass is 245 g/mol. The molecule has 0 aliphatic heterocycles. The zero-order valence-corrected chi connectivity index (χ0v) is 9.07. The average Bonchev–Trinajstić information content (AvgIpc) is 2.13. The molecule has 2 N–H and O–H groups in total. The molecular formula is C9H15F4NO2. The minimum Gasteiger partial charge on any atom is -0.396 e. The summed E-state index contributed by atoms with van der Waals surface area (Å²) in [7, 11) is 0. The Morgan fingerprint density at radius 2 is 1.88 bits per heavy atom. The van der Waals surface area contributed by atoms with Gasteiger partial charge in [-0.15, -0.1) is 0 Å². The molecule has 0 saturated carbocycles. The van der Waals surface area contributed by atoms with Crippen molar-refractivity contribution in [3.05, 3.63) is 0 Å². The van der Waals surface area contributed by atoms with Gasteiger partial charge in [0.15, 0.2) is 0 Å². The summed E-state index contributed by atoms with van der Waals surface area (Å²) in [6, 6.07) is 0. The van der Waals surface area contributed by atoms with Gasteiger partial charge in [-0.1, -0.05) is 13.8 Å². The third-order valence-corrected chi connectivity index (χ3v) is 2.09. The van der Waals surface area contributed by atoms with Crippen LogP contribution in [0.2, 0.25) is 0 Å². The lowest BCUT2D eigenvalue weighted by molar-refractivity contribution is -0.169. The first-order valence-corrected chi connectivity index (χ1v) is 4.68. The lowest BCUT2D eigenvalue weighted by Crippen LogP contribution is -2.47. The summed E-state index contributed by atoms with van der Waals surface area (Å²) in [5.74, 6) is -6.66. The maximum Gasteiger partial charge on any atom is 0.383 e. The highest BCUT2D eigenvalue weighted by Gasteiger charge is 2.49. The lowest BCUT2D eigenvalue weighted by atomic mass is 9.90. The zero-order chi connectivity index (χ0) is 13.0. The summed E-state index contributed by atoms with van der Waals surface area (Å²) < 4.78 is 48.5. The van der Waals surface area contributed by atoms with Crippen LogP contribution in [0, 0.1) is 5.41 Å². The zero-order valence-electron chi connectivity index (χ0n) is 9.07. The van der Waals surface area contributed by atoms with Gasteiger partial charge >= 0.3 is 12.3 Å². The number of hydrogen-bond donors (Lipinski definition) is 2. The molecule has 0 aliphatic carbocycles. The van der Waals surface area contributed by atoms with Crippen molar-refractivity contribution in [3.8, 4) is 0 Å². The van der Waals surface area contributed by atoms with Crippen molar-refractivity contribution in [2.75, 3.05) is 13.2 Å². The van der Waals surface area contributed by atoms with E-state index in [1.54, 1.807) is 19.2 Å². The number of hydrogen-bond acceptors (Lipinski definition) is 2. The van der Waals surface area contributed by atoms with Gasteiger partial charge in [0, 0.05) is 13.2 Å². The molecule has 0 fully saturated rings. The van der Waals surface area contributed by atoms with Crippen molar-refractivity contribution < 1.29 is 27.5 Å². The molecule has 0 spiro atoms. The van der Waals surface area contributed by atoms with Gasteiger partial charge in [0.2, 0.25) is 0 Å². The van der Waals surface area contributed by atoms with Gasteiger partial charge in [-0.3, -0.25) is 4.79 Å². The Bertz CT molecular complexity index is 244. The van der Waals surface area contributed by atoms with E-state index >= 15 is 0 Å². The van der Waals surface area contributed by atoms with Crippen LogP contribution in [0.25, 0.3) is 0 Å². The molecule has 0 unspecified atom stereocenters. The van der Waals surface area contributed by atoms with Gasteiger partial charge in [-0.2, -0.15) is 8.78 Å². The minimum absolute atomic E-state index is 0.173. The third-order valence-electron chi connectivity index (χ3n) is 2.09. The summed E-state index contributed by atoms with van der Waals surface area (Å²) in [5, 5.41) is 10.4. The van der Waals surface area contributed by atoms with Crippen LogP contribution < -0.4 is 5.32 Å². The van der Waals surface area contributed by atoms with Crippen LogP contribution in [0.4, 0.5) is 17.6 Å². The Balaban J connectivity index is 4.27. The van der Waals surface area contributed by atoms with Crippen LogP contribution >= 0.6 is 0 Å². The highest BCUT2D eigenvalue weighted by Crippen LogP contribution is 2.24. The van der Waals surface area contributed by atoms with Crippen LogP contribution in [0.3, 0.4) is 0 Å². The Morgan fingerprint density at radius 1 is 1.38 bits per heavy atom. The van der Waals surface area contributed by atoms with E-state index in [9.17, 15) is 22.4 Å². The van der Waals surface area contributed by atoms with Crippen LogP contribution in [0.1, 0.15) is 20.3 Å². The predicted octanol–water partition coefficient (Wildman–Crippen LogP) is 1.41. The highest BCUT2D eigenvalue weighted by molar-refractivity contribution is 5.83. The van der Waals surface area contributed by atoms with Gasteiger partial charge in [0.25, 0.3) is 5.91 Å². The predicted molar refractivity (Wildman–Crippen MR) is 49.4 cm³/mol. The highest BCUT2D eigenvalue weighted by atomic mass is 19.3. The Morgan fingerprint density at radius 3 is 2.25 bits per heavy atom. The van der Waals surface area contributed by atoms with Crippen molar-refractivity contribution >= 4 is 5.91 Å². The molecular weight excluding hydrogens is 230 g/mol. The maximum atomic E-state index is 12.5. The molecule has 0 saturated heterocycles. The van der Waals surface area contributed by atoms with Gasteiger partial charge in [0.1, 0.15) is 0 Å². The summed E-state index contributed by atoms with van der Waals surface area (Å²) in [4.78, 5) is 10.8. The number of carbonyl (C=O) groups excluding carboxylic acids is 1. The summed E-state index contributed by atoms with van der Waals surface area (Å²) in [5.41, 5.74) is -0.622. The molecule has 1 amide bonds. The van der Waals surface area contributed by atoms with Crippen molar-refractivity contribution in [1.82, 2.24) is 5.32 Å². The molecule has 0 bridgehead atoms. The SMILES string of the molecule is CC(C)(CCO)CNC(=O)C(F)(F)C(F)F. The topological polar surface area (TPSA) is 49.3 Å². The first kappa shape index (κ1) is 15.2. The van der Waals surface area contributed by atoms with E-state index < -0.39 is 23.7 Å². The van der Waals surface area contributed by atoms with Crippen LogP contribution in [-0.2, 0) is 4.79 Å². The standard InChI is InChI=1S/C9H15F4NO2/c1-8(2,3-4-15)5-14-7(16)9(12,13)6(10)11/h6,15H,3-5H2,1-2H3,(H,14,16). The summed E-state index contributed by atoms with van der Waals surface area (Å²) in [6.07, 6.45) is -3.75. The van der Waals surface area contributed by atoms with E-state index in [2.05, 4.69) is 0 Å². The molecule has 0 aromatic rings. The van der Waals surface area contributed by atoms with Crippen molar-refractivity contribution in [1.29, 1.82) is 0 Å². The third kappa shape index (κ3) is 4.34. The number of alkyl halides is 4. The molecule has 0 heterocycles. The second-order valence-corrected chi connectivity index (χ2v) is 4.24. The number of nitrogens with one attached hydrogen (secondary N) is 1. The van der Waals surface area contributed by atoms with E-state index in [0.717, 1.165) is 0 Å². The molecule has 0 aromatic carbocycles. The quantitative estimate of drug-likeness (QED) is 0.695. The maximum absolute atomic E-state index is 12.5. The van der Waals surface area contributed by atoms with E-state index in [1.807, 2.05) is 0 Å².